The Bertz CT molecular complexity index is 1050. The van der Waals surface area contributed by atoms with Gasteiger partial charge in [0.25, 0.3) is 5.91 Å². The molecular formula is C23H27N5O2S. The zero-order valence-corrected chi connectivity index (χ0v) is 18.9. The molecule has 0 bridgehead atoms. The number of aryl methyl sites for hydroxylation is 1. The standard InChI is InChI=1S/C23H27N5O2S/c1-15-9-8-12-19(13-15)22(30)25-17(3)21-26-27-23(28(21)4)31-14-20(29)24-16(2)18-10-6-5-7-11-18/h5-13,16-17H,14H2,1-4H3,(H,24,29)(H,25,30)/t16-,17+/m1/s1. The van der Waals surface area contributed by atoms with Gasteiger partial charge in [-0.2, -0.15) is 0 Å². The molecule has 1 heterocycles. The van der Waals surface area contributed by atoms with Crippen molar-refractivity contribution < 1.29 is 9.59 Å². The number of aromatic nitrogens is 3. The van der Waals surface area contributed by atoms with Crippen LogP contribution in [0.15, 0.2) is 59.8 Å². The lowest BCUT2D eigenvalue weighted by atomic mass is 10.1. The molecule has 2 N–H and O–H groups in total. The van der Waals surface area contributed by atoms with E-state index >= 15 is 0 Å². The van der Waals surface area contributed by atoms with Gasteiger partial charge in [-0.1, -0.05) is 59.8 Å². The smallest absolute Gasteiger partial charge is 0.251 e. The van der Waals surface area contributed by atoms with Gasteiger partial charge >= 0.3 is 0 Å². The van der Waals surface area contributed by atoms with Gasteiger partial charge in [-0.05, 0) is 38.5 Å². The second-order valence-corrected chi connectivity index (χ2v) is 8.40. The molecular weight excluding hydrogens is 410 g/mol. The summed E-state index contributed by atoms with van der Waals surface area (Å²) < 4.78 is 1.81. The van der Waals surface area contributed by atoms with E-state index in [-0.39, 0.29) is 29.7 Å². The van der Waals surface area contributed by atoms with E-state index in [4.69, 9.17) is 0 Å². The summed E-state index contributed by atoms with van der Waals surface area (Å²) in [4.78, 5) is 24.8. The van der Waals surface area contributed by atoms with E-state index in [0.717, 1.165) is 11.1 Å². The molecule has 3 aromatic rings. The molecule has 0 aliphatic rings. The number of carbonyl (C=O) groups is 2. The Labute approximate surface area is 186 Å². The third-order valence-electron chi connectivity index (χ3n) is 4.89. The topological polar surface area (TPSA) is 88.9 Å². The molecule has 0 unspecified atom stereocenters. The van der Waals surface area contributed by atoms with Crippen LogP contribution in [0.25, 0.3) is 0 Å². The first-order valence-electron chi connectivity index (χ1n) is 10.1. The van der Waals surface area contributed by atoms with E-state index in [1.165, 1.54) is 11.8 Å². The summed E-state index contributed by atoms with van der Waals surface area (Å²) in [6.07, 6.45) is 0. The van der Waals surface area contributed by atoms with Crippen molar-refractivity contribution in [1.82, 2.24) is 25.4 Å². The van der Waals surface area contributed by atoms with Crippen LogP contribution in [-0.4, -0.2) is 32.3 Å². The molecule has 1 aromatic heterocycles. The number of hydrogen-bond donors (Lipinski definition) is 2. The molecule has 2 amide bonds. The van der Waals surface area contributed by atoms with Crippen molar-refractivity contribution in [1.29, 1.82) is 0 Å². The van der Waals surface area contributed by atoms with Gasteiger partial charge in [0.05, 0.1) is 17.8 Å². The number of benzene rings is 2. The fourth-order valence-corrected chi connectivity index (χ4v) is 3.93. The molecule has 7 nitrogen and oxygen atoms in total. The molecule has 0 spiro atoms. The highest BCUT2D eigenvalue weighted by molar-refractivity contribution is 7.99. The number of rotatable bonds is 8. The second-order valence-electron chi connectivity index (χ2n) is 7.45. The number of nitrogens with one attached hydrogen (secondary N) is 2. The van der Waals surface area contributed by atoms with E-state index < -0.39 is 0 Å². The van der Waals surface area contributed by atoms with Crippen LogP contribution >= 0.6 is 11.8 Å². The minimum absolute atomic E-state index is 0.0683. The summed E-state index contributed by atoms with van der Waals surface area (Å²) in [6, 6.07) is 16.9. The third kappa shape index (κ3) is 5.95. The van der Waals surface area contributed by atoms with Crippen molar-refractivity contribution in [2.24, 2.45) is 7.05 Å². The summed E-state index contributed by atoms with van der Waals surface area (Å²) >= 11 is 1.31. The van der Waals surface area contributed by atoms with E-state index in [9.17, 15) is 9.59 Å². The summed E-state index contributed by atoms with van der Waals surface area (Å²) in [6.45, 7) is 5.76. The number of hydrogen-bond acceptors (Lipinski definition) is 5. The van der Waals surface area contributed by atoms with Crippen LogP contribution in [0.4, 0.5) is 0 Å². The quantitative estimate of drug-likeness (QED) is 0.526. The first-order valence-corrected chi connectivity index (χ1v) is 11.1. The van der Waals surface area contributed by atoms with Crippen LogP contribution in [0.2, 0.25) is 0 Å². The zero-order valence-electron chi connectivity index (χ0n) is 18.1. The zero-order chi connectivity index (χ0) is 22.4. The molecule has 162 valence electrons. The Kier molecular flexibility index (Phi) is 7.46. The lowest BCUT2D eigenvalue weighted by molar-refractivity contribution is -0.119. The molecule has 0 fully saturated rings. The van der Waals surface area contributed by atoms with E-state index in [1.807, 2.05) is 76.3 Å². The Balaban J connectivity index is 1.55. The van der Waals surface area contributed by atoms with Gasteiger partial charge in [-0.3, -0.25) is 9.59 Å². The Morgan fingerprint density at radius 3 is 2.45 bits per heavy atom. The first kappa shape index (κ1) is 22.6. The van der Waals surface area contributed by atoms with Gasteiger partial charge in [-0.25, -0.2) is 0 Å². The van der Waals surface area contributed by atoms with Crippen LogP contribution in [0.1, 0.15) is 53.2 Å². The first-order chi connectivity index (χ1) is 14.8. The predicted octanol–water partition coefficient (Wildman–Crippen LogP) is 3.58. The number of carbonyl (C=O) groups excluding carboxylic acids is 2. The predicted molar refractivity (Wildman–Crippen MR) is 122 cm³/mol. The fourth-order valence-electron chi connectivity index (χ4n) is 3.20. The minimum Gasteiger partial charge on any atom is -0.349 e. The number of nitrogens with zero attached hydrogens (tertiary/aromatic N) is 3. The SMILES string of the molecule is Cc1cccc(C(=O)N[C@@H](C)c2nnc(SCC(=O)N[C@H](C)c3ccccc3)n2C)c1. The van der Waals surface area contributed by atoms with Crippen molar-refractivity contribution in [3.05, 3.63) is 77.1 Å². The van der Waals surface area contributed by atoms with Crippen LogP contribution in [0, 0.1) is 6.92 Å². The third-order valence-corrected chi connectivity index (χ3v) is 5.91. The van der Waals surface area contributed by atoms with Crippen LogP contribution in [0.5, 0.6) is 0 Å². The Morgan fingerprint density at radius 1 is 1.00 bits per heavy atom. The Morgan fingerprint density at radius 2 is 1.74 bits per heavy atom. The summed E-state index contributed by atoms with van der Waals surface area (Å²) in [5, 5.41) is 15.0. The lowest BCUT2D eigenvalue weighted by Crippen LogP contribution is -2.29. The molecule has 0 saturated carbocycles. The van der Waals surface area contributed by atoms with Crippen LogP contribution in [-0.2, 0) is 11.8 Å². The molecule has 8 heteroatoms. The van der Waals surface area contributed by atoms with Crippen molar-refractivity contribution in [3.8, 4) is 0 Å². The number of thioether (sulfide) groups is 1. The van der Waals surface area contributed by atoms with Gasteiger partial charge < -0.3 is 15.2 Å². The van der Waals surface area contributed by atoms with Crippen molar-refractivity contribution in [2.75, 3.05) is 5.75 Å². The van der Waals surface area contributed by atoms with E-state index in [2.05, 4.69) is 20.8 Å². The summed E-state index contributed by atoms with van der Waals surface area (Å²) in [5.74, 6) is 0.614. The molecule has 2 atom stereocenters. The average molecular weight is 438 g/mol. The van der Waals surface area contributed by atoms with Crippen molar-refractivity contribution in [3.63, 3.8) is 0 Å². The van der Waals surface area contributed by atoms with Crippen molar-refractivity contribution >= 4 is 23.6 Å². The molecule has 2 aromatic carbocycles. The number of amides is 2. The maximum Gasteiger partial charge on any atom is 0.251 e. The average Bonchev–Trinajstić information content (AvgIpc) is 3.13. The summed E-state index contributed by atoms with van der Waals surface area (Å²) in [7, 11) is 1.83. The normalized spacial score (nSPS) is 12.8. The second kappa shape index (κ2) is 10.3. The molecule has 31 heavy (non-hydrogen) atoms. The van der Waals surface area contributed by atoms with Gasteiger partial charge in [0.2, 0.25) is 5.91 Å². The maximum atomic E-state index is 12.5. The van der Waals surface area contributed by atoms with Gasteiger partial charge in [0.15, 0.2) is 11.0 Å². The molecule has 0 saturated heterocycles. The van der Waals surface area contributed by atoms with Gasteiger partial charge in [0.1, 0.15) is 0 Å². The largest absolute Gasteiger partial charge is 0.349 e. The van der Waals surface area contributed by atoms with Crippen molar-refractivity contribution in [2.45, 2.75) is 38.0 Å². The van der Waals surface area contributed by atoms with E-state index in [0.29, 0.717) is 16.5 Å². The van der Waals surface area contributed by atoms with Gasteiger partial charge in [0, 0.05) is 12.6 Å². The molecule has 3 rings (SSSR count). The van der Waals surface area contributed by atoms with Crippen LogP contribution in [0.3, 0.4) is 0 Å². The van der Waals surface area contributed by atoms with E-state index in [1.54, 1.807) is 10.6 Å². The van der Waals surface area contributed by atoms with Crippen LogP contribution < -0.4 is 10.6 Å². The fraction of sp³-hybridized carbons (Fsp3) is 0.304. The summed E-state index contributed by atoms with van der Waals surface area (Å²) in [5.41, 5.74) is 2.69. The van der Waals surface area contributed by atoms with Gasteiger partial charge in [-0.15, -0.1) is 10.2 Å². The molecule has 0 aliphatic heterocycles. The molecule has 0 radical (unpaired) electrons. The highest BCUT2D eigenvalue weighted by Gasteiger charge is 2.19. The monoisotopic (exact) mass is 437 g/mol. The molecule has 0 aliphatic carbocycles. The minimum atomic E-state index is -0.327. The maximum absolute atomic E-state index is 12.5. The Hall–Kier alpha value is -3.13. The highest BCUT2D eigenvalue weighted by atomic mass is 32.2. The lowest BCUT2D eigenvalue weighted by Gasteiger charge is -2.15. The highest BCUT2D eigenvalue weighted by Crippen LogP contribution is 2.20.